The van der Waals surface area contributed by atoms with Crippen molar-refractivity contribution in [3.05, 3.63) is 23.4 Å². The Hall–Kier alpha value is -0.540. The number of nitrogens with zero attached hydrogens (tertiary/aromatic N) is 1. The van der Waals surface area contributed by atoms with Crippen LogP contribution in [0, 0.1) is 25.7 Å². The van der Waals surface area contributed by atoms with Gasteiger partial charge in [-0.05, 0) is 69.1 Å². The number of aryl methyl sites for hydroxylation is 2. The Labute approximate surface area is 120 Å². The van der Waals surface area contributed by atoms with Crippen molar-refractivity contribution in [1.29, 1.82) is 0 Å². The molecule has 1 aromatic rings. The predicted octanol–water partition coefficient (Wildman–Crippen LogP) is 3.57. The summed E-state index contributed by atoms with van der Waals surface area (Å²) in [7, 11) is 0. The van der Waals surface area contributed by atoms with Crippen LogP contribution in [0.1, 0.15) is 36.9 Å². The lowest BCUT2D eigenvalue weighted by Crippen LogP contribution is -2.34. The Morgan fingerprint density at radius 1 is 1.21 bits per heavy atom. The summed E-state index contributed by atoms with van der Waals surface area (Å²) >= 11 is 1.88. The first-order valence-electron chi connectivity index (χ1n) is 7.54. The van der Waals surface area contributed by atoms with Crippen LogP contribution < -0.4 is 5.32 Å². The van der Waals surface area contributed by atoms with Crippen LogP contribution in [0.5, 0.6) is 0 Å². The van der Waals surface area contributed by atoms with Crippen molar-refractivity contribution in [3.63, 3.8) is 0 Å². The van der Waals surface area contributed by atoms with Crippen LogP contribution in [-0.4, -0.2) is 23.3 Å². The molecule has 3 rings (SSSR count). The molecular weight excluding hydrogens is 252 g/mol. The molecule has 0 aliphatic heterocycles. The van der Waals surface area contributed by atoms with Gasteiger partial charge < -0.3 is 5.32 Å². The first-order chi connectivity index (χ1) is 9.22. The van der Waals surface area contributed by atoms with Crippen LogP contribution in [0.25, 0.3) is 0 Å². The van der Waals surface area contributed by atoms with Crippen LogP contribution in [0.3, 0.4) is 0 Å². The number of pyridine rings is 1. The van der Waals surface area contributed by atoms with Gasteiger partial charge in [0.05, 0.1) is 5.03 Å². The van der Waals surface area contributed by atoms with Gasteiger partial charge in [0.15, 0.2) is 0 Å². The molecule has 2 aliphatic rings. The normalized spacial score (nSPS) is 19.1. The molecule has 3 heteroatoms. The lowest BCUT2D eigenvalue weighted by atomic mass is 10.1. The number of rotatable bonds is 7. The van der Waals surface area contributed by atoms with Gasteiger partial charge in [0.25, 0.3) is 0 Å². The molecule has 2 fully saturated rings. The largest absolute Gasteiger partial charge is 0.313 e. The quantitative estimate of drug-likeness (QED) is 0.609. The maximum Gasteiger partial charge on any atom is 0.0966 e. The van der Waals surface area contributed by atoms with Gasteiger partial charge in [-0.15, -0.1) is 11.8 Å². The average molecular weight is 276 g/mol. The maximum atomic E-state index is 4.58. The van der Waals surface area contributed by atoms with Crippen LogP contribution >= 0.6 is 11.8 Å². The van der Waals surface area contributed by atoms with Crippen LogP contribution in [0.2, 0.25) is 0 Å². The summed E-state index contributed by atoms with van der Waals surface area (Å²) < 4.78 is 0. The standard InChI is InChI=1S/C16H24N2S/c1-11-9-12(2)18-15(10-11)19-8-7-17-16(13-3-4-13)14-5-6-14/h9-10,13-14,16-17H,3-8H2,1-2H3. The van der Waals surface area contributed by atoms with Crippen LogP contribution in [-0.2, 0) is 0 Å². The highest BCUT2D eigenvalue weighted by atomic mass is 32.2. The van der Waals surface area contributed by atoms with Crippen LogP contribution in [0.4, 0.5) is 0 Å². The van der Waals surface area contributed by atoms with E-state index in [1.165, 1.54) is 36.3 Å². The topological polar surface area (TPSA) is 24.9 Å². The third-order valence-corrected chi connectivity index (χ3v) is 4.98. The molecule has 2 saturated carbocycles. The molecule has 2 aliphatic carbocycles. The van der Waals surface area contributed by atoms with E-state index in [1.54, 1.807) is 0 Å². The fourth-order valence-electron chi connectivity index (χ4n) is 2.89. The summed E-state index contributed by atoms with van der Waals surface area (Å²) in [6.07, 6.45) is 5.83. The van der Waals surface area contributed by atoms with E-state index in [0.29, 0.717) is 0 Å². The molecule has 0 atom stereocenters. The second kappa shape index (κ2) is 5.84. The second-order valence-corrected chi connectivity index (χ2v) is 7.24. The maximum absolute atomic E-state index is 4.58. The molecule has 1 N–H and O–H groups in total. The number of nitrogens with one attached hydrogen (secondary N) is 1. The van der Waals surface area contributed by atoms with Crippen molar-refractivity contribution in [2.75, 3.05) is 12.3 Å². The van der Waals surface area contributed by atoms with E-state index < -0.39 is 0 Å². The molecule has 2 nitrogen and oxygen atoms in total. The average Bonchev–Trinajstić information content (AvgIpc) is 3.22. The van der Waals surface area contributed by atoms with Crippen molar-refractivity contribution < 1.29 is 0 Å². The molecule has 0 spiro atoms. The minimum atomic E-state index is 0.827. The van der Waals surface area contributed by atoms with Gasteiger partial charge in [0.1, 0.15) is 0 Å². The molecule has 1 aromatic heterocycles. The van der Waals surface area contributed by atoms with Crippen LogP contribution in [0.15, 0.2) is 17.2 Å². The highest BCUT2D eigenvalue weighted by Crippen LogP contribution is 2.44. The Balaban J connectivity index is 1.42. The van der Waals surface area contributed by atoms with E-state index in [2.05, 4.69) is 36.3 Å². The Bertz CT molecular complexity index is 406. The van der Waals surface area contributed by atoms with E-state index in [9.17, 15) is 0 Å². The number of hydrogen-bond acceptors (Lipinski definition) is 3. The molecular formula is C16H24N2S. The third-order valence-electron chi connectivity index (χ3n) is 4.07. The summed E-state index contributed by atoms with van der Waals surface area (Å²) in [4.78, 5) is 4.58. The summed E-state index contributed by atoms with van der Waals surface area (Å²) in [6, 6.07) is 5.16. The minimum Gasteiger partial charge on any atom is -0.313 e. The first-order valence-corrected chi connectivity index (χ1v) is 8.52. The first kappa shape index (κ1) is 13.4. The summed E-state index contributed by atoms with van der Waals surface area (Å²) in [5.41, 5.74) is 2.45. The number of aromatic nitrogens is 1. The minimum absolute atomic E-state index is 0.827. The van der Waals surface area contributed by atoms with Crippen molar-refractivity contribution in [2.45, 2.75) is 50.6 Å². The molecule has 19 heavy (non-hydrogen) atoms. The molecule has 0 saturated heterocycles. The van der Waals surface area contributed by atoms with Crippen molar-refractivity contribution >= 4 is 11.8 Å². The van der Waals surface area contributed by atoms with Gasteiger partial charge in [0.2, 0.25) is 0 Å². The molecule has 0 aromatic carbocycles. The van der Waals surface area contributed by atoms with Gasteiger partial charge in [-0.2, -0.15) is 0 Å². The molecule has 0 bridgehead atoms. The Kier molecular flexibility index (Phi) is 4.13. The van der Waals surface area contributed by atoms with Gasteiger partial charge in [-0.3, -0.25) is 0 Å². The molecule has 1 heterocycles. The highest BCUT2D eigenvalue weighted by Gasteiger charge is 2.40. The summed E-state index contributed by atoms with van der Waals surface area (Å²) in [6.45, 7) is 5.34. The number of thioether (sulfide) groups is 1. The zero-order valence-electron chi connectivity index (χ0n) is 12.0. The van der Waals surface area contributed by atoms with E-state index in [4.69, 9.17) is 0 Å². The van der Waals surface area contributed by atoms with Gasteiger partial charge in [-0.25, -0.2) is 4.98 Å². The lowest BCUT2D eigenvalue weighted by Gasteiger charge is -2.17. The van der Waals surface area contributed by atoms with E-state index in [1.807, 2.05) is 11.8 Å². The number of hydrogen-bond donors (Lipinski definition) is 1. The van der Waals surface area contributed by atoms with Gasteiger partial charge >= 0.3 is 0 Å². The summed E-state index contributed by atoms with van der Waals surface area (Å²) in [5, 5.41) is 4.97. The Morgan fingerprint density at radius 2 is 1.89 bits per heavy atom. The van der Waals surface area contributed by atoms with Crippen molar-refractivity contribution in [3.8, 4) is 0 Å². The molecule has 104 valence electrons. The van der Waals surface area contributed by atoms with Gasteiger partial charge in [0, 0.05) is 24.0 Å². The SMILES string of the molecule is Cc1cc(C)nc(SCCNC(C2CC2)C2CC2)c1. The second-order valence-electron chi connectivity index (χ2n) is 6.13. The highest BCUT2D eigenvalue weighted by molar-refractivity contribution is 7.99. The molecule has 0 radical (unpaired) electrons. The third kappa shape index (κ3) is 3.96. The van der Waals surface area contributed by atoms with Gasteiger partial charge in [-0.1, -0.05) is 0 Å². The smallest absolute Gasteiger partial charge is 0.0966 e. The summed E-state index contributed by atoms with van der Waals surface area (Å²) in [5.74, 6) is 3.12. The predicted molar refractivity (Wildman–Crippen MR) is 81.7 cm³/mol. The van der Waals surface area contributed by atoms with E-state index in [0.717, 1.165) is 35.9 Å². The molecule has 0 amide bonds. The van der Waals surface area contributed by atoms with Crippen molar-refractivity contribution in [2.24, 2.45) is 11.8 Å². The zero-order valence-corrected chi connectivity index (χ0v) is 12.8. The van der Waals surface area contributed by atoms with E-state index in [-0.39, 0.29) is 0 Å². The van der Waals surface area contributed by atoms with Crippen molar-refractivity contribution in [1.82, 2.24) is 10.3 Å². The lowest BCUT2D eigenvalue weighted by molar-refractivity contribution is 0.429. The molecule has 0 unspecified atom stereocenters. The zero-order chi connectivity index (χ0) is 13.2. The fourth-order valence-corrected chi connectivity index (χ4v) is 3.80. The van der Waals surface area contributed by atoms with E-state index >= 15 is 0 Å². The Morgan fingerprint density at radius 3 is 2.47 bits per heavy atom. The monoisotopic (exact) mass is 276 g/mol. The fraction of sp³-hybridized carbons (Fsp3) is 0.688.